The fraction of sp³-hybridized carbons (Fsp3) is 0.250. The van der Waals surface area contributed by atoms with Crippen LogP contribution in [0, 0.1) is 11.3 Å². The molecule has 0 aliphatic rings. The van der Waals surface area contributed by atoms with Crippen LogP contribution in [-0.2, 0) is 4.79 Å². The summed E-state index contributed by atoms with van der Waals surface area (Å²) in [6.45, 7) is 3.92. The third kappa shape index (κ3) is 5.10. The molecule has 0 bridgehead atoms. The topological polar surface area (TPSA) is 62.1 Å². The molecule has 3 rings (SSSR count). The van der Waals surface area contributed by atoms with Crippen LogP contribution in [0.4, 0.5) is 5.69 Å². The van der Waals surface area contributed by atoms with E-state index in [1.54, 1.807) is 18.9 Å². The van der Waals surface area contributed by atoms with Gasteiger partial charge in [-0.25, -0.2) is 0 Å². The number of methoxy groups -OCH3 is 1. The summed E-state index contributed by atoms with van der Waals surface area (Å²) in [6.07, 6.45) is 0.464. The molecule has 0 aliphatic carbocycles. The molecule has 3 aromatic rings. The highest BCUT2D eigenvalue weighted by molar-refractivity contribution is 8.00. The van der Waals surface area contributed by atoms with Gasteiger partial charge in [-0.1, -0.05) is 43.3 Å². The Bertz CT molecular complexity index is 1060. The van der Waals surface area contributed by atoms with Gasteiger partial charge < -0.3 is 10.1 Å². The Hall–Kier alpha value is -2.97. The molecule has 0 fully saturated rings. The Morgan fingerprint density at radius 2 is 1.83 bits per heavy atom. The molecule has 29 heavy (non-hydrogen) atoms. The van der Waals surface area contributed by atoms with Gasteiger partial charge in [0, 0.05) is 16.6 Å². The van der Waals surface area contributed by atoms with E-state index < -0.39 is 0 Å². The number of thioether (sulfide) groups is 1. The van der Waals surface area contributed by atoms with Crippen molar-refractivity contribution in [3.05, 3.63) is 66.2 Å². The second-order valence-electron chi connectivity index (χ2n) is 6.97. The maximum atomic E-state index is 12.9. The van der Waals surface area contributed by atoms with Crippen LogP contribution in [0.1, 0.15) is 31.7 Å². The first-order chi connectivity index (χ1) is 14.0. The predicted octanol–water partition coefficient (Wildman–Crippen LogP) is 5.98. The van der Waals surface area contributed by atoms with Gasteiger partial charge in [0.05, 0.1) is 24.8 Å². The number of hydrogen-bond donors (Lipinski definition) is 1. The first-order valence-electron chi connectivity index (χ1n) is 9.53. The number of para-hydroxylation sites is 1. The van der Waals surface area contributed by atoms with Crippen molar-refractivity contribution in [3.63, 3.8) is 0 Å². The van der Waals surface area contributed by atoms with Gasteiger partial charge in [-0.05, 0) is 47.5 Å². The fourth-order valence-electron chi connectivity index (χ4n) is 3.09. The number of carbonyl (C=O) groups excluding carboxylic acids is 1. The largest absolute Gasteiger partial charge is 0.497 e. The second-order valence-corrected chi connectivity index (χ2v) is 8.45. The van der Waals surface area contributed by atoms with Crippen molar-refractivity contribution >= 4 is 34.1 Å². The maximum absolute atomic E-state index is 12.9. The molecule has 1 amide bonds. The monoisotopic (exact) mass is 404 g/mol. The minimum absolute atomic E-state index is 0.0566. The van der Waals surface area contributed by atoms with Crippen molar-refractivity contribution in [2.45, 2.75) is 36.3 Å². The van der Waals surface area contributed by atoms with Gasteiger partial charge in [0.15, 0.2) is 0 Å². The van der Waals surface area contributed by atoms with Gasteiger partial charge in [-0.2, -0.15) is 5.26 Å². The predicted molar refractivity (Wildman–Crippen MR) is 120 cm³/mol. The molecule has 5 heteroatoms. The average Bonchev–Trinajstić information content (AvgIpc) is 2.74. The van der Waals surface area contributed by atoms with Crippen molar-refractivity contribution < 1.29 is 9.53 Å². The molecule has 1 N–H and O–H groups in total. The maximum Gasteiger partial charge on any atom is 0.231 e. The van der Waals surface area contributed by atoms with E-state index in [1.807, 2.05) is 68.4 Å². The smallest absolute Gasteiger partial charge is 0.231 e. The van der Waals surface area contributed by atoms with E-state index in [2.05, 4.69) is 17.5 Å². The first kappa shape index (κ1) is 20.8. The number of fused-ring (bicyclic) bond motifs is 1. The zero-order valence-corrected chi connectivity index (χ0v) is 17.6. The number of anilines is 1. The van der Waals surface area contributed by atoms with Gasteiger partial charge in [0.1, 0.15) is 5.75 Å². The standard InChI is InChI=1S/C24H24N2O2S/c1-16(12-13-25)29-23-7-5-4-6-22(23)26-24(27)17(2)18-8-9-20-15-21(28-3)11-10-19(20)14-18/h4-11,14-17H,12H2,1-3H3,(H,26,27)/t16?,17-/m1/s1. The molecular formula is C24H24N2O2S. The number of rotatable bonds is 7. The number of nitrogens with one attached hydrogen (secondary N) is 1. The molecule has 1 unspecified atom stereocenters. The minimum Gasteiger partial charge on any atom is -0.497 e. The molecule has 0 aromatic heterocycles. The zero-order chi connectivity index (χ0) is 20.8. The van der Waals surface area contributed by atoms with Crippen molar-refractivity contribution in [3.8, 4) is 11.8 Å². The Kier molecular flexibility index (Phi) is 6.79. The van der Waals surface area contributed by atoms with E-state index in [4.69, 9.17) is 10.00 Å². The van der Waals surface area contributed by atoms with Crippen molar-refractivity contribution in [1.82, 2.24) is 0 Å². The van der Waals surface area contributed by atoms with Gasteiger partial charge in [-0.3, -0.25) is 4.79 Å². The Balaban J connectivity index is 1.77. The number of nitriles is 1. The molecule has 0 radical (unpaired) electrons. The van der Waals surface area contributed by atoms with Gasteiger partial charge in [-0.15, -0.1) is 11.8 Å². The zero-order valence-electron chi connectivity index (χ0n) is 16.8. The van der Waals surface area contributed by atoms with Crippen LogP contribution in [0.5, 0.6) is 5.75 Å². The van der Waals surface area contributed by atoms with E-state index in [9.17, 15) is 4.79 Å². The lowest BCUT2D eigenvalue weighted by Gasteiger charge is -2.17. The summed E-state index contributed by atoms with van der Waals surface area (Å²) in [7, 11) is 1.65. The number of nitrogens with zero attached hydrogens (tertiary/aromatic N) is 1. The van der Waals surface area contributed by atoms with Crippen LogP contribution in [0.3, 0.4) is 0 Å². The molecule has 0 spiro atoms. The summed E-state index contributed by atoms with van der Waals surface area (Å²) in [6, 6.07) is 21.9. The number of ether oxygens (including phenoxy) is 1. The van der Waals surface area contributed by atoms with Crippen molar-refractivity contribution in [1.29, 1.82) is 5.26 Å². The molecule has 3 aromatic carbocycles. The molecule has 2 atom stereocenters. The summed E-state index contributed by atoms with van der Waals surface area (Å²) in [5.74, 6) is 0.464. The first-order valence-corrected chi connectivity index (χ1v) is 10.4. The molecule has 148 valence electrons. The van der Waals surface area contributed by atoms with E-state index in [-0.39, 0.29) is 17.1 Å². The van der Waals surface area contributed by atoms with Crippen LogP contribution < -0.4 is 10.1 Å². The second kappa shape index (κ2) is 9.49. The lowest BCUT2D eigenvalue weighted by molar-refractivity contribution is -0.117. The van der Waals surface area contributed by atoms with E-state index in [0.717, 1.165) is 32.7 Å². The summed E-state index contributed by atoms with van der Waals surface area (Å²) in [5, 5.41) is 14.3. The van der Waals surface area contributed by atoms with E-state index in [1.165, 1.54) is 0 Å². The third-order valence-electron chi connectivity index (χ3n) is 4.82. The molecule has 0 aliphatic heterocycles. The summed E-state index contributed by atoms with van der Waals surface area (Å²) >= 11 is 1.60. The van der Waals surface area contributed by atoms with Crippen LogP contribution >= 0.6 is 11.8 Å². The highest BCUT2D eigenvalue weighted by Gasteiger charge is 2.18. The Labute approximate surface area is 175 Å². The number of amides is 1. The van der Waals surface area contributed by atoms with Gasteiger partial charge in [0.2, 0.25) is 5.91 Å². The highest BCUT2D eigenvalue weighted by Crippen LogP contribution is 2.32. The van der Waals surface area contributed by atoms with Crippen LogP contribution in [-0.4, -0.2) is 18.3 Å². The molecule has 0 saturated carbocycles. The van der Waals surface area contributed by atoms with Gasteiger partial charge >= 0.3 is 0 Å². The van der Waals surface area contributed by atoms with Crippen LogP contribution in [0.2, 0.25) is 0 Å². The lowest BCUT2D eigenvalue weighted by atomic mass is 9.97. The minimum atomic E-state index is -0.295. The third-order valence-corrected chi connectivity index (χ3v) is 6.00. The molecule has 0 saturated heterocycles. The average molecular weight is 405 g/mol. The molecule has 0 heterocycles. The number of carbonyl (C=O) groups is 1. The molecule has 4 nitrogen and oxygen atoms in total. The quantitative estimate of drug-likeness (QED) is 0.492. The van der Waals surface area contributed by atoms with Gasteiger partial charge in [0.25, 0.3) is 0 Å². The SMILES string of the molecule is COc1ccc2cc([C@@H](C)C(=O)Nc3ccccc3SC(C)CC#N)ccc2c1. The van der Waals surface area contributed by atoms with Crippen LogP contribution in [0.25, 0.3) is 10.8 Å². The number of benzene rings is 3. The highest BCUT2D eigenvalue weighted by atomic mass is 32.2. The normalized spacial score (nSPS) is 12.8. The lowest BCUT2D eigenvalue weighted by Crippen LogP contribution is -2.19. The summed E-state index contributed by atoms with van der Waals surface area (Å²) < 4.78 is 5.27. The Morgan fingerprint density at radius 3 is 2.59 bits per heavy atom. The van der Waals surface area contributed by atoms with E-state index in [0.29, 0.717) is 6.42 Å². The summed E-state index contributed by atoms with van der Waals surface area (Å²) in [4.78, 5) is 13.9. The van der Waals surface area contributed by atoms with Crippen molar-refractivity contribution in [2.75, 3.05) is 12.4 Å². The Morgan fingerprint density at radius 1 is 1.10 bits per heavy atom. The van der Waals surface area contributed by atoms with Crippen molar-refractivity contribution in [2.24, 2.45) is 0 Å². The fourth-order valence-corrected chi connectivity index (χ4v) is 4.09. The number of hydrogen-bond acceptors (Lipinski definition) is 4. The van der Waals surface area contributed by atoms with E-state index >= 15 is 0 Å². The summed E-state index contributed by atoms with van der Waals surface area (Å²) in [5.41, 5.74) is 1.74. The molecular weight excluding hydrogens is 380 g/mol. The van der Waals surface area contributed by atoms with Crippen LogP contribution in [0.15, 0.2) is 65.6 Å².